The van der Waals surface area contributed by atoms with Crippen LogP contribution in [0.25, 0.3) is 0 Å². The first-order valence-electron chi connectivity index (χ1n) is 5.92. The molecule has 1 N–H and O–H groups in total. The highest BCUT2D eigenvalue weighted by molar-refractivity contribution is 4.83. The van der Waals surface area contributed by atoms with Gasteiger partial charge in [0, 0.05) is 25.2 Å². The predicted molar refractivity (Wildman–Crippen MR) is 60.0 cm³/mol. The second-order valence-electron chi connectivity index (χ2n) is 4.69. The minimum absolute atomic E-state index is 0.0616. The zero-order chi connectivity index (χ0) is 13.1. The number of halogens is 3. The van der Waals surface area contributed by atoms with Gasteiger partial charge < -0.3 is 10.1 Å². The number of hydrogen-bond donors (Lipinski definition) is 1. The Balaban J connectivity index is 2.29. The summed E-state index contributed by atoms with van der Waals surface area (Å²) in [7, 11) is 1.94. The molecule has 1 heterocycles. The third kappa shape index (κ3) is 4.81. The molecule has 0 aromatic rings. The molecule has 6 heteroatoms. The maximum Gasteiger partial charge on any atom is 0.401 e. The van der Waals surface area contributed by atoms with Gasteiger partial charge in [0.2, 0.25) is 0 Å². The summed E-state index contributed by atoms with van der Waals surface area (Å²) < 4.78 is 41.4. The average Bonchev–Trinajstić information content (AvgIpc) is 2.61. The molecule has 3 atom stereocenters. The molecule has 1 rings (SSSR count). The van der Waals surface area contributed by atoms with Crippen LogP contribution in [0.4, 0.5) is 13.2 Å². The molecule has 0 aliphatic carbocycles. The number of rotatable bonds is 5. The van der Waals surface area contributed by atoms with Crippen LogP contribution in [0.3, 0.4) is 0 Å². The zero-order valence-electron chi connectivity index (χ0n) is 10.5. The molecular weight excluding hydrogens is 233 g/mol. The van der Waals surface area contributed by atoms with E-state index in [1.165, 1.54) is 0 Å². The highest BCUT2D eigenvalue weighted by atomic mass is 19.4. The van der Waals surface area contributed by atoms with E-state index in [9.17, 15) is 13.2 Å². The van der Waals surface area contributed by atoms with Crippen molar-refractivity contribution in [3.63, 3.8) is 0 Å². The van der Waals surface area contributed by atoms with Gasteiger partial charge in [0.05, 0.1) is 12.6 Å². The summed E-state index contributed by atoms with van der Waals surface area (Å²) >= 11 is 0. The molecule has 0 saturated carbocycles. The van der Waals surface area contributed by atoms with E-state index in [0.29, 0.717) is 12.6 Å². The van der Waals surface area contributed by atoms with Crippen LogP contribution >= 0.6 is 0 Å². The largest absolute Gasteiger partial charge is 0.401 e. The Morgan fingerprint density at radius 3 is 2.59 bits per heavy atom. The van der Waals surface area contributed by atoms with Gasteiger partial charge in [0.15, 0.2) is 0 Å². The summed E-state index contributed by atoms with van der Waals surface area (Å²) in [6.45, 7) is 4.07. The summed E-state index contributed by atoms with van der Waals surface area (Å²) in [5.41, 5.74) is 0. The number of nitrogens with zero attached hydrogens (tertiary/aromatic N) is 1. The fraction of sp³-hybridized carbons (Fsp3) is 1.00. The quantitative estimate of drug-likeness (QED) is 0.807. The van der Waals surface area contributed by atoms with Crippen molar-refractivity contribution in [3.05, 3.63) is 0 Å². The topological polar surface area (TPSA) is 24.5 Å². The van der Waals surface area contributed by atoms with Gasteiger partial charge in [0.25, 0.3) is 0 Å². The molecule has 0 aromatic carbocycles. The summed E-state index contributed by atoms with van der Waals surface area (Å²) in [6, 6.07) is 0.365. The van der Waals surface area contributed by atoms with Crippen LogP contribution in [0.5, 0.6) is 0 Å². The van der Waals surface area contributed by atoms with Gasteiger partial charge in [0.1, 0.15) is 0 Å². The van der Waals surface area contributed by atoms with Gasteiger partial charge in [-0.05, 0) is 27.3 Å². The van der Waals surface area contributed by atoms with Crippen molar-refractivity contribution in [2.24, 2.45) is 0 Å². The first kappa shape index (κ1) is 14.7. The number of alkyl halides is 3. The second-order valence-corrected chi connectivity index (χ2v) is 4.69. The van der Waals surface area contributed by atoms with E-state index >= 15 is 0 Å². The second kappa shape index (κ2) is 6.02. The highest BCUT2D eigenvalue weighted by Crippen LogP contribution is 2.20. The lowest BCUT2D eigenvalue weighted by Gasteiger charge is -2.32. The minimum Gasteiger partial charge on any atom is -0.377 e. The van der Waals surface area contributed by atoms with Crippen molar-refractivity contribution in [1.29, 1.82) is 0 Å². The molecule has 0 radical (unpaired) electrons. The van der Waals surface area contributed by atoms with Gasteiger partial charge in [-0.25, -0.2) is 0 Å². The van der Waals surface area contributed by atoms with Gasteiger partial charge in [-0.2, -0.15) is 13.2 Å². The molecule has 102 valence electrons. The Morgan fingerprint density at radius 1 is 1.47 bits per heavy atom. The Morgan fingerprint density at radius 2 is 2.12 bits per heavy atom. The van der Waals surface area contributed by atoms with Crippen LogP contribution in [0.2, 0.25) is 0 Å². The van der Waals surface area contributed by atoms with Gasteiger partial charge in [-0.15, -0.1) is 0 Å². The van der Waals surface area contributed by atoms with Crippen molar-refractivity contribution in [3.8, 4) is 0 Å². The van der Waals surface area contributed by atoms with E-state index in [0.717, 1.165) is 13.0 Å². The smallest absolute Gasteiger partial charge is 0.377 e. The molecule has 3 unspecified atom stereocenters. The lowest BCUT2D eigenvalue weighted by molar-refractivity contribution is -0.125. The number of ether oxygens (including phenoxy) is 1. The van der Waals surface area contributed by atoms with Crippen molar-refractivity contribution in [2.75, 3.05) is 26.7 Å². The maximum absolute atomic E-state index is 12.0. The maximum atomic E-state index is 12.0. The van der Waals surface area contributed by atoms with E-state index in [-0.39, 0.29) is 12.1 Å². The standard InChI is InChI=1S/C11H21F3N2O/c1-8(6-15-7-11(12,13)14)16(3)10-4-5-17-9(10)2/h8-10,15H,4-7H2,1-3H3. The molecule has 17 heavy (non-hydrogen) atoms. The van der Waals surface area contributed by atoms with Crippen LogP contribution in [-0.4, -0.2) is 56.0 Å². The van der Waals surface area contributed by atoms with E-state index in [1.54, 1.807) is 0 Å². The molecule has 0 amide bonds. The Hall–Kier alpha value is -0.330. The van der Waals surface area contributed by atoms with E-state index in [2.05, 4.69) is 10.2 Å². The monoisotopic (exact) mass is 254 g/mol. The lowest BCUT2D eigenvalue weighted by atomic mass is 10.1. The minimum atomic E-state index is -4.14. The van der Waals surface area contributed by atoms with Crippen LogP contribution in [0.1, 0.15) is 20.3 Å². The Kier molecular flexibility index (Phi) is 5.22. The summed E-state index contributed by atoms with van der Waals surface area (Å²) in [4.78, 5) is 2.10. The lowest BCUT2D eigenvalue weighted by Crippen LogP contribution is -2.47. The number of nitrogens with one attached hydrogen (secondary N) is 1. The number of hydrogen-bond acceptors (Lipinski definition) is 3. The first-order valence-corrected chi connectivity index (χ1v) is 5.92. The Bertz CT molecular complexity index is 235. The van der Waals surface area contributed by atoms with Gasteiger partial charge in [-0.3, -0.25) is 4.90 Å². The molecule has 1 aliphatic heterocycles. The van der Waals surface area contributed by atoms with E-state index in [1.807, 2.05) is 20.9 Å². The molecule has 1 aliphatic rings. The average molecular weight is 254 g/mol. The van der Waals surface area contributed by atoms with Crippen LogP contribution < -0.4 is 5.32 Å². The summed E-state index contributed by atoms with van der Waals surface area (Å²) in [5.74, 6) is 0. The third-order valence-electron chi connectivity index (χ3n) is 3.32. The van der Waals surface area contributed by atoms with Crippen LogP contribution in [-0.2, 0) is 4.74 Å². The summed E-state index contributed by atoms with van der Waals surface area (Å²) in [6.07, 6.45) is -3.03. The Labute approximate surface area is 100 Å². The van der Waals surface area contributed by atoms with Crippen LogP contribution in [0.15, 0.2) is 0 Å². The van der Waals surface area contributed by atoms with Gasteiger partial charge >= 0.3 is 6.18 Å². The predicted octanol–water partition coefficient (Wildman–Crippen LogP) is 1.64. The molecule has 1 fully saturated rings. The highest BCUT2D eigenvalue weighted by Gasteiger charge is 2.31. The molecule has 3 nitrogen and oxygen atoms in total. The van der Waals surface area contributed by atoms with Crippen molar-refractivity contribution >= 4 is 0 Å². The molecule has 1 saturated heterocycles. The molecule has 0 bridgehead atoms. The fourth-order valence-corrected chi connectivity index (χ4v) is 2.15. The van der Waals surface area contributed by atoms with E-state index in [4.69, 9.17) is 4.74 Å². The van der Waals surface area contributed by atoms with Crippen molar-refractivity contribution in [2.45, 2.75) is 44.6 Å². The normalized spacial score (nSPS) is 27.7. The third-order valence-corrected chi connectivity index (χ3v) is 3.32. The zero-order valence-corrected chi connectivity index (χ0v) is 10.5. The number of likely N-dealkylation sites (N-methyl/N-ethyl adjacent to an activating group) is 1. The SMILES string of the molecule is CC1OCCC1N(C)C(C)CNCC(F)(F)F. The molecule has 0 spiro atoms. The molecule has 0 aromatic heterocycles. The fourth-order valence-electron chi connectivity index (χ4n) is 2.15. The van der Waals surface area contributed by atoms with E-state index < -0.39 is 12.7 Å². The van der Waals surface area contributed by atoms with Crippen molar-refractivity contribution < 1.29 is 17.9 Å². The molecular formula is C11H21F3N2O. The van der Waals surface area contributed by atoms with Crippen molar-refractivity contribution in [1.82, 2.24) is 10.2 Å². The van der Waals surface area contributed by atoms with Gasteiger partial charge in [-0.1, -0.05) is 0 Å². The first-order chi connectivity index (χ1) is 7.81. The van der Waals surface area contributed by atoms with Crippen LogP contribution in [0, 0.1) is 0 Å². The summed E-state index contributed by atoms with van der Waals surface area (Å²) in [5, 5.41) is 2.44.